The molecule has 1 unspecified atom stereocenters. The molecule has 0 amide bonds. The predicted molar refractivity (Wildman–Crippen MR) is 89.2 cm³/mol. The first-order valence-electron chi connectivity index (χ1n) is 8.57. The van der Waals surface area contributed by atoms with E-state index in [0.717, 1.165) is 12.0 Å². The first-order chi connectivity index (χ1) is 9.54. The fourth-order valence-electron chi connectivity index (χ4n) is 5.01. The SMILES string of the molecule is CC1(C)CCSCC1(CN)N1CCC2(CCCC2)CC1. The molecule has 0 aromatic heterocycles. The van der Waals surface area contributed by atoms with Crippen molar-refractivity contribution in [3.8, 4) is 0 Å². The summed E-state index contributed by atoms with van der Waals surface area (Å²) < 4.78 is 0. The zero-order valence-electron chi connectivity index (χ0n) is 13.4. The first-order valence-corrected chi connectivity index (χ1v) is 9.72. The van der Waals surface area contributed by atoms with Gasteiger partial charge in [-0.3, -0.25) is 4.90 Å². The summed E-state index contributed by atoms with van der Waals surface area (Å²) in [6.45, 7) is 8.33. The normalized spacial score (nSPS) is 37.4. The van der Waals surface area contributed by atoms with Crippen LogP contribution < -0.4 is 5.73 Å². The van der Waals surface area contributed by atoms with Gasteiger partial charge in [-0.2, -0.15) is 11.8 Å². The van der Waals surface area contributed by atoms with Gasteiger partial charge in [-0.15, -0.1) is 0 Å². The number of piperidine rings is 1. The Morgan fingerprint density at radius 3 is 2.20 bits per heavy atom. The molecule has 2 N–H and O–H groups in total. The van der Waals surface area contributed by atoms with E-state index in [2.05, 4.69) is 30.5 Å². The quantitative estimate of drug-likeness (QED) is 0.845. The Balaban J connectivity index is 1.74. The topological polar surface area (TPSA) is 29.3 Å². The van der Waals surface area contributed by atoms with Crippen LogP contribution in [-0.4, -0.2) is 41.6 Å². The lowest BCUT2D eigenvalue weighted by atomic mass is 9.67. The maximum absolute atomic E-state index is 6.33. The largest absolute Gasteiger partial charge is 0.329 e. The van der Waals surface area contributed by atoms with Gasteiger partial charge in [-0.05, 0) is 61.8 Å². The van der Waals surface area contributed by atoms with Crippen LogP contribution in [0.4, 0.5) is 0 Å². The van der Waals surface area contributed by atoms with Crippen molar-refractivity contribution < 1.29 is 0 Å². The van der Waals surface area contributed by atoms with E-state index in [1.807, 2.05) is 0 Å². The average Bonchev–Trinajstić information content (AvgIpc) is 2.88. The predicted octanol–water partition coefficient (Wildman–Crippen LogP) is 3.50. The highest BCUT2D eigenvalue weighted by Gasteiger charge is 2.51. The van der Waals surface area contributed by atoms with Gasteiger partial charge in [0.25, 0.3) is 0 Å². The number of hydrogen-bond acceptors (Lipinski definition) is 3. The third-order valence-corrected chi connectivity index (χ3v) is 8.08. The maximum atomic E-state index is 6.33. The summed E-state index contributed by atoms with van der Waals surface area (Å²) in [6.07, 6.45) is 10.1. The minimum Gasteiger partial charge on any atom is -0.329 e. The zero-order chi connectivity index (χ0) is 14.3. The van der Waals surface area contributed by atoms with Crippen LogP contribution in [-0.2, 0) is 0 Å². The highest BCUT2D eigenvalue weighted by atomic mass is 32.2. The summed E-state index contributed by atoms with van der Waals surface area (Å²) in [4.78, 5) is 2.79. The van der Waals surface area contributed by atoms with Gasteiger partial charge in [0.05, 0.1) is 0 Å². The van der Waals surface area contributed by atoms with Crippen LogP contribution in [0.3, 0.4) is 0 Å². The number of nitrogens with two attached hydrogens (primary N) is 1. The van der Waals surface area contributed by atoms with Gasteiger partial charge in [0.1, 0.15) is 0 Å². The van der Waals surface area contributed by atoms with E-state index < -0.39 is 0 Å². The number of nitrogens with zero attached hydrogens (tertiary/aromatic N) is 1. The molecule has 1 atom stereocenters. The first kappa shape index (κ1) is 15.2. The van der Waals surface area contributed by atoms with E-state index in [0.29, 0.717) is 5.41 Å². The number of likely N-dealkylation sites (tertiary alicyclic amines) is 1. The smallest absolute Gasteiger partial charge is 0.0472 e. The molecule has 1 spiro atoms. The molecule has 3 rings (SSSR count). The van der Waals surface area contributed by atoms with Gasteiger partial charge in [0.2, 0.25) is 0 Å². The summed E-state index contributed by atoms with van der Waals surface area (Å²) in [7, 11) is 0. The molecule has 3 heteroatoms. The highest BCUT2D eigenvalue weighted by molar-refractivity contribution is 7.99. The molecule has 2 heterocycles. The van der Waals surface area contributed by atoms with Crippen LogP contribution in [0.5, 0.6) is 0 Å². The molecule has 2 nitrogen and oxygen atoms in total. The number of hydrogen-bond donors (Lipinski definition) is 1. The van der Waals surface area contributed by atoms with Crippen LogP contribution in [0.15, 0.2) is 0 Å². The molecule has 3 fully saturated rings. The molecule has 0 aromatic carbocycles. The third-order valence-electron chi connectivity index (χ3n) is 6.90. The molecular formula is C17H32N2S. The van der Waals surface area contributed by atoms with E-state index in [-0.39, 0.29) is 5.54 Å². The maximum Gasteiger partial charge on any atom is 0.0472 e. The second-order valence-corrected chi connectivity index (χ2v) is 9.22. The van der Waals surface area contributed by atoms with Gasteiger partial charge >= 0.3 is 0 Å². The Morgan fingerprint density at radius 2 is 1.65 bits per heavy atom. The van der Waals surface area contributed by atoms with Crippen LogP contribution in [0, 0.1) is 10.8 Å². The van der Waals surface area contributed by atoms with Crippen molar-refractivity contribution in [3.63, 3.8) is 0 Å². The molecule has 0 radical (unpaired) electrons. The fraction of sp³-hybridized carbons (Fsp3) is 1.00. The van der Waals surface area contributed by atoms with Gasteiger partial charge in [-0.1, -0.05) is 26.7 Å². The molecule has 1 aliphatic carbocycles. The summed E-state index contributed by atoms with van der Waals surface area (Å²) in [5.74, 6) is 2.55. The van der Waals surface area contributed by atoms with Crippen LogP contribution in [0.2, 0.25) is 0 Å². The molecule has 2 aliphatic heterocycles. The van der Waals surface area contributed by atoms with Crippen molar-refractivity contribution in [2.24, 2.45) is 16.6 Å². The number of rotatable bonds is 2. The van der Waals surface area contributed by atoms with Crippen molar-refractivity contribution in [2.45, 2.75) is 64.3 Å². The second kappa shape index (κ2) is 5.48. The van der Waals surface area contributed by atoms with Crippen LogP contribution in [0.1, 0.15) is 58.8 Å². The Hall–Kier alpha value is 0.270. The van der Waals surface area contributed by atoms with Gasteiger partial charge in [0, 0.05) is 17.8 Å². The summed E-state index contributed by atoms with van der Waals surface area (Å²) in [5.41, 5.74) is 7.67. The minimum absolute atomic E-state index is 0.246. The summed E-state index contributed by atoms with van der Waals surface area (Å²) in [5, 5.41) is 0. The van der Waals surface area contributed by atoms with Crippen LogP contribution in [0.25, 0.3) is 0 Å². The lowest BCUT2D eigenvalue weighted by Gasteiger charge is -2.58. The lowest BCUT2D eigenvalue weighted by Crippen LogP contribution is -2.67. The molecule has 0 aromatic rings. The number of thioether (sulfide) groups is 1. The van der Waals surface area contributed by atoms with E-state index in [1.165, 1.54) is 69.5 Å². The van der Waals surface area contributed by atoms with E-state index in [9.17, 15) is 0 Å². The van der Waals surface area contributed by atoms with Crippen molar-refractivity contribution >= 4 is 11.8 Å². The van der Waals surface area contributed by atoms with E-state index in [4.69, 9.17) is 5.73 Å². The highest BCUT2D eigenvalue weighted by Crippen LogP contribution is 2.51. The van der Waals surface area contributed by atoms with Gasteiger partial charge in [-0.25, -0.2) is 0 Å². The molecule has 1 saturated carbocycles. The van der Waals surface area contributed by atoms with E-state index >= 15 is 0 Å². The van der Waals surface area contributed by atoms with Crippen molar-refractivity contribution in [2.75, 3.05) is 31.1 Å². The Bertz CT molecular complexity index is 339. The second-order valence-electron chi connectivity index (χ2n) is 8.12. The van der Waals surface area contributed by atoms with Gasteiger partial charge < -0.3 is 5.73 Å². The van der Waals surface area contributed by atoms with Crippen molar-refractivity contribution in [1.82, 2.24) is 4.90 Å². The molecule has 3 aliphatic rings. The van der Waals surface area contributed by atoms with Gasteiger partial charge in [0.15, 0.2) is 0 Å². The van der Waals surface area contributed by atoms with Crippen molar-refractivity contribution in [3.05, 3.63) is 0 Å². The summed E-state index contributed by atoms with van der Waals surface area (Å²) in [6, 6.07) is 0. The monoisotopic (exact) mass is 296 g/mol. The van der Waals surface area contributed by atoms with Crippen LogP contribution >= 0.6 is 11.8 Å². The zero-order valence-corrected chi connectivity index (χ0v) is 14.2. The molecule has 20 heavy (non-hydrogen) atoms. The van der Waals surface area contributed by atoms with Crippen molar-refractivity contribution in [1.29, 1.82) is 0 Å². The molecule has 0 bridgehead atoms. The standard InChI is InChI=1S/C17H32N2S/c1-15(2)9-12-20-14-17(15,13-18)19-10-7-16(8-11-19)5-3-4-6-16/h3-14,18H2,1-2H3. The Kier molecular flexibility index (Phi) is 4.16. The third kappa shape index (κ3) is 2.34. The fourth-order valence-corrected chi connectivity index (χ4v) is 6.84. The lowest BCUT2D eigenvalue weighted by molar-refractivity contribution is -0.0364. The molecule has 116 valence electrons. The minimum atomic E-state index is 0.246. The van der Waals surface area contributed by atoms with E-state index in [1.54, 1.807) is 0 Å². The average molecular weight is 297 g/mol. The Morgan fingerprint density at radius 1 is 1.00 bits per heavy atom. The summed E-state index contributed by atoms with van der Waals surface area (Å²) >= 11 is 2.12. The molecule has 2 saturated heterocycles. The molecular weight excluding hydrogens is 264 g/mol. The Labute approximate surface area is 129 Å².